The van der Waals surface area contributed by atoms with Crippen LogP contribution in [0.15, 0.2) is 41.5 Å². The van der Waals surface area contributed by atoms with Crippen LogP contribution in [0.1, 0.15) is 15.9 Å². The molecule has 0 bridgehead atoms. The molecule has 0 unspecified atom stereocenters. The van der Waals surface area contributed by atoms with Crippen LogP contribution >= 0.6 is 0 Å². The number of benzene rings is 1. The number of anilines is 2. The Morgan fingerprint density at radius 2 is 2.16 bits per heavy atom. The quantitative estimate of drug-likeness (QED) is 0.750. The van der Waals surface area contributed by atoms with E-state index in [1.165, 1.54) is 18.5 Å². The van der Waals surface area contributed by atoms with Crippen molar-refractivity contribution in [1.29, 1.82) is 0 Å². The van der Waals surface area contributed by atoms with Crippen molar-refractivity contribution in [2.45, 2.75) is 6.42 Å². The van der Waals surface area contributed by atoms with Crippen molar-refractivity contribution in [3.63, 3.8) is 0 Å². The molecule has 0 atom stereocenters. The van der Waals surface area contributed by atoms with Gasteiger partial charge in [-0.15, -0.1) is 0 Å². The number of aromatic amines is 1. The van der Waals surface area contributed by atoms with Crippen molar-refractivity contribution >= 4 is 17.3 Å². The monoisotopic (exact) mass is 255 g/mol. The van der Waals surface area contributed by atoms with Gasteiger partial charge >= 0.3 is 0 Å². The highest BCUT2D eigenvalue weighted by molar-refractivity contribution is 6.07. The van der Waals surface area contributed by atoms with Gasteiger partial charge in [0.1, 0.15) is 5.56 Å². The van der Waals surface area contributed by atoms with Crippen LogP contribution in [0.5, 0.6) is 0 Å². The molecule has 5 nitrogen and oxygen atoms in total. The van der Waals surface area contributed by atoms with E-state index < -0.39 is 0 Å². The standard InChI is InChI=1S/C14H13N3O2/c15-11-2-1-3-12-9(11)5-7-17(12)14(19)10-8-16-6-4-13(10)18/h1-4,6,8H,5,7,15H2,(H,16,18). The van der Waals surface area contributed by atoms with Crippen molar-refractivity contribution in [1.82, 2.24) is 4.98 Å². The molecule has 0 fully saturated rings. The van der Waals surface area contributed by atoms with Gasteiger partial charge in [0.05, 0.1) is 0 Å². The number of rotatable bonds is 1. The van der Waals surface area contributed by atoms with Crippen LogP contribution in [-0.4, -0.2) is 17.4 Å². The number of H-pyrrole nitrogens is 1. The van der Waals surface area contributed by atoms with Gasteiger partial charge < -0.3 is 15.6 Å². The molecular weight excluding hydrogens is 242 g/mol. The highest BCUT2D eigenvalue weighted by Crippen LogP contribution is 2.32. The summed E-state index contributed by atoms with van der Waals surface area (Å²) in [5, 5.41) is 0. The molecule has 0 saturated heterocycles. The van der Waals surface area contributed by atoms with E-state index in [-0.39, 0.29) is 16.9 Å². The minimum absolute atomic E-state index is 0.151. The lowest BCUT2D eigenvalue weighted by Gasteiger charge is -2.17. The Bertz CT molecular complexity index is 706. The van der Waals surface area contributed by atoms with Crippen molar-refractivity contribution in [3.05, 3.63) is 58.0 Å². The van der Waals surface area contributed by atoms with E-state index in [0.717, 1.165) is 17.7 Å². The summed E-state index contributed by atoms with van der Waals surface area (Å²) in [4.78, 5) is 28.5. The minimum atomic E-state index is -0.286. The Morgan fingerprint density at radius 1 is 1.32 bits per heavy atom. The number of amides is 1. The van der Waals surface area contributed by atoms with Gasteiger partial charge in [-0.1, -0.05) is 6.07 Å². The number of carbonyl (C=O) groups is 1. The third kappa shape index (κ3) is 1.79. The molecule has 0 saturated carbocycles. The summed E-state index contributed by atoms with van der Waals surface area (Å²) in [6, 6.07) is 6.84. The van der Waals surface area contributed by atoms with Crippen LogP contribution < -0.4 is 16.1 Å². The minimum Gasteiger partial charge on any atom is -0.398 e. The van der Waals surface area contributed by atoms with E-state index in [0.29, 0.717) is 12.2 Å². The molecular formula is C14H13N3O2. The number of nitrogens with one attached hydrogen (secondary N) is 1. The summed E-state index contributed by atoms with van der Waals surface area (Å²) >= 11 is 0. The Labute approximate surface area is 109 Å². The predicted octanol–water partition coefficient (Wildman–Crippen LogP) is 1.16. The van der Waals surface area contributed by atoms with Gasteiger partial charge in [-0.2, -0.15) is 0 Å². The SMILES string of the molecule is Nc1cccc2c1CCN2C(=O)c1c[nH]ccc1=O. The number of nitrogens with two attached hydrogens (primary N) is 1. The summed E-state index contributed by atoms with van der Waals surface area (Å²) in [7, 11) is 0. The van der Waals surface area contributed by atoms with Gasteiger partial charge in [-0.05, 0) is 18.6 Å². The number of carbonyl (C=O) groups excluding carboxylic acids is 1. The van der Waals surface area contributed by atoms with Crippen molar-refractivity contribution in [2.75, 3.05) is 17.2 Å². The van der Waals surface area contributed by atoms with Crippen LogP contribution in [0.4, 0.5) is 11.4 Å². The Kier molecular flexibility index (Phi) is 2.59. The molecule has 1 aliphatic rings. The largest absolute Gasteiger partial charge is 0.398 e. The van der Waals surface area contributed by atoms with E-state index in [1.807, 2.05) is 18.2 Å². The Hall–Kier alpha value is -2.56. The maximum atomic E-state index is 12.4. The zero-order chi connectivity index (χ0) is 13.4. The number of aromatic nitrogens is 1. The third-order valence-corrected chi connectivity index (χ3v) is 3.36. The topological polar surface area (TPSA) is 79.2 Å². The van der Waals surface area contributed by atoms with Gasteiger partial charge in [0, 0.05) is 41.9 Å². The Morgan fingerprint density at radius 3 is 2.95 bits per heavy atom. The molecule has 2 heterocycles. The van der Waals surface area contributed by atoms with E-state index in [1.54, 1.807) is 4.90 Å². The van der Waals surface area contributed by atoms with E-state index in [9.17, 15) is 9.59 Å². The molecule has 5 heteroatoms. The van der Waals surface area contributed by atoms with E-state index >= 15 is 0 Å². The lowest BCUT2D eigenvalue weighted by Crippen LogP contribution is -2.32. The zero-order valence-electron chi connectivity index (χ0n) is 10.2. The highest BCUT2D eigenvalue weighted by Gasteiger charge is 2.27. The molecule has 3 N–H and O–H groups in total. The average molecular weight is 255 g/mol. The summed E-state index contributed by atoms with van der Waals surface area (Å²) < 4.78 is 0. The smallest absolute Gasteiger partial charge is 0.263 e. The summed E-state index contributed by atoms with van der Waals surface area (Å²) in [6.45, 7) is 0.552. The zero-order valence-corrected chi connectivity index (χ0v) is 10.2. The van der Waals surface area contributed by atoms with Gasteiger partial charge in [-0.25, -0.2) is 0 Å². The molecule has 0 radical (unpaired) electrons. The summed E-state index contributed by atoms with van der Waals surface area (Å²) in [6.07, 6.45) is 3.67. The second-order valence-corrected chi connectivity index (χ2v) is 4.47. The Balaban J connectivity index is 2.03. The van der Waals surface area contributed by atoms with Gasteiger partial charge in [0.15, 0.2) is 5.43 Å². The number of pyridine rings is 1. The van der Waals surface area contributed by atoms with Gasteiger partial charge in [0.2, 0.25) is 0 Å². The van der Waals surface area contributed by atoms with Crippen LogP contribution in [-0.2, 0) is 6.42 Å². The number of hydrogen-bond acceptors (Lipinski definition) is 3. The molecule has 2 aromatic rings. The molecule has 1 amide bonds. The molecule has 1 aliphatic heterocycles. The van der Waals surface area contributed by atoms with Crippen molar-refractivity contribution < 1.29 is 4.79 Å². The molecule has 3 rings (SSSR count). The number of hydrogen-bond donors (Lipinski definition) is 2. The third-order valence-electron chi connectivity index (χ3n) is 3.36. The van der Waals surface area contributed by atoms with E-state index in [2.05, 4.69) is 4.98 Å². The first kappa shape index (κ1) is 11.5. The second-order valence-electron chi connectivity index (χ2n) is 4.47. The first-order chi connectivity index (χ1) is 9.18. The molecule has 0 aliphatic carbocycles. The molecule has 1 aromatic carbocycles. The van der Waals surface area contributed by atoms with Gasteiger partial charge in [-0.3, -0.25) is 9.59 Å². The summed E-state index contributed by atoms with van der Waals surface area (Å²) in [5.74, 6) is -0.286. The van der Waals surface area contributed by atoms with E-state index in [4.69, 9.17) is 5.73 Å². The maximum absolute atomic E-state index is 12.4. The number of fused-ring (bicyclic) bond motifs is 1. The van der Waals surface area contributed by atoms with Gasteiger partial charge in [0.25, 0.3) is 5.91 Å². The highest BCUT2D eigenvalue weighted by atomic mass is 16.2. The predicted molar refractivity (Wildman–Crippen MR) is 73.3 cm³/mol. The van der Waals surface area contributed by atoms with Crippen LogP contribution in [0.3, 0.4) is 0 Å². The first-order valence-corrected chi connectivity index (χ1v) is 6.05. The normalized spacial score (nSPS) is 13.4. The lowest BCUT2D eigenvalue weighted by atomic mass is 10.1. The summed E-state index contributed by atoms with van der Waals surface area (Å²) in [5.41, 5.74) is 8.24. The van der Waals surface area contributed by atoms with Crippen LogP contribution in [0.2, 0.25) is 0 Å². The van der Waals surface area contributed by atoms with Crippen molar-refractivity contribution in [3.8, 4) is 0 Å². The molecule has 96 valence electrons. The first-order valence-electron chi connectivity index (χ1n) is 6.05. The molecule has 1 aromatic heterocycles. The fourth-order valence-electron chi connectivity index (χ4n) is 2.40. The van der Waals surface area contributed by atoms with Crippen LogP contribution in [0.25, 0.3) is 0 Å². The van der Waals surface area contributed by atoms with Crippen LogP contribution in [0, 0.1) is 0 Å². The second kappa shape index (κ2) is 4.28. The number of nitrogen functional groups attached to an aromatic ring is 1. The average Bonchev–Trinajstić information content (AvgIpc) is 2.84. The number of nitrogens with zero attached hydrogens (tertiary/aromatic N) is 1. The fourth-order valence-corrected chi connectivity index (χ4v) is 2.40. The molecule has 19 heavy (non-hydrogen) atoms. The fraction of sp³-hybridized carbons (Fsp3) is 0.143. The van der Waals surface area contributed by atoms with Crippen molar-refractivity contribution in [2.24, 2.45) is 0 Å². The maximum Gasteiger partial charge on any atom is 0.263 e. The lowest BCUT2D eigenvalue weighted by molar-refractivity contribution is 0.0988. The molecule has 0 spiro atoms.